The third-order valence-electron chi connectivity index (χ3n) is 3.53. The summed E-state index contributed by atoms with van der Waals surface area (Å²) < 4.78 is 1.95. The van der Waals surface area contributed by atoms with Gasteiger partial charge in [0.15, 0.2) is 11.5 Å². The Bertz CT molecular complexity index is 865. The van der Waals surface area contributed by atoms with Gasteiger partial charge in [0, 0.05) is 20.2 Å². The first kappa shape index (κ1) is 11.8. The molecular weight excluding hydrogens is 268 g/mol. The quantitative estimate of drug-likeness (QED) is 0.712. The van der Waals surface area contributed by atoms with Crippen LogP contribution in [0.1, 0.15) is 5.82 Å². The molecule has 21 heavy (non-hydrogen) atoms. The maximum Gasteiger partial charge on any atom is 0.181 e. The molecular formula is C13H12N8. The number of imidazole rings is 1. The molecule has 1 aliphatic heterocycles. The molecule has 0 bridgehead atoms. The number of hydrogen-bond donors (Lipinski definition) is 1. The first-order valence-electron chi connectivity index (χ1n) is 6.39. The minimum atomic E-state index is 0.678. The van der Waals surface area contributed by atoms with Crippen LogP contribution in [-0.2, 0) is 7.05 Å². The molecule has 0 atom stereocenters. The molecule has 3 aromatic rings. The molecule has 3 aromatic heterocycles. The van der Waals surface area contributed by atoms with E-state index in [1.165, 1.54) is 12.7 Å². The van der Waals surface area contributed by atoms with E-state index >= 15 is 0 Å². The fourth-order valence-corrected chi connectivity index (χ4v) is 2.33. The molecule has 4 heterocycles. The molecule has 1 N–H and O–H groups in total. The normalized spacial score (nSPS) is 15.5. The van der Waals surface area contributed by atoms with Gasteiger partial charge in [0.2, 0.25) is 0 Å². The van der Waals surface area contributed by atoms with E-state index in [-0.39, 0.29) is 0 Å². The summed E-state index contributed by atoms with van der Waals surface area (Å²) in [5, 5.41) is 3.25. The SMILES string of the molecule is CN1/C(=C/c2nc3ncncc3n2C)Nc2ncncc21. The lowest BCUT2D eigenvalue weighted by Crippen LogP contribution is -2.14. The first-order chi connectivity index (χ1) is 10.2. The first-order valence-corrected chi connectivity index (χ1v) is 6.39. The topological polar surface area (TPSA) is 84.7 Å². The van der Waals surface area contributed by atoms with E-state index in [4.69, 9.17) is 0 Å². The summed E-state index contributed by atoms with van der Waals surface area (Å²) in [5.41, 5.74) is 2.50. The van der Waals surface area contributed by atoms with Gasteiger partial charge in [-0.25, -0.2) is 24.9 Å². The molecule has 0 saturated heterocycles. The highest BCUT2D eigenvalue weighted by atomic mass is 15.3. The lowest BCUT2D eigenvalue weighted by Gasteiger charge is -2.12. The van der Waals surface area contributed by atoms with Crippen LogP contribution in [0.2, 0.25) is 0 Å². The predicted octanol–water partition coefficient (Wildman–Crippen LogP) is 1.01. The molecule has 0 saturated carbocycles. The predicted molar refractivity (Wildman–Crippen MR) is 78.3 cm³/mol. The smallest absolute Gasteiger partial charge is 0.181 e. The fraction of sp³-hybridized carbons (Fsp3) is 0.154. The number of hydrogen-bond acceptors (Lipinski definition) is 7. The molecule has 1 aliphatic rings. The second-order valence-electron chi connectivity index (χ2n) is 4.73. The van der Waals surface area contributed by atoms with Gasteiger partial charge in [0.05, 0.1) is 12.4 Å². The summed E-state index contributed by atoms with van der Waals surface area (Å²) >= 11 is 0. The number of nitrogens with zero attached hydrogens (tertiary/aromatic N) is 7. The third kappa shape index (κ3) is 1.72. The van der Waals surface area contributed by atoms with Crippen molar-refractivity contribution in [2.45, 2.75) is 0 Å². The summed E-state index contributed by atoms with van der Waals surface area (Å²) in [7, 11) is 3.89. The van der Waals surface area contributed by atoms with E-state index in [0.29, 0.717) is 5.65 Å². The van der Waals surface area contributed by atoms with Gasteiger partial charge in [-0.2, -0.15) is 0 Å². The number of nitrogens with one attached hydrogen (secondary N) is 1. The van der Waals surface area contributed by atoms with Crippen molar-refractivity contribution in [1.82, 2.24) is 29.5 Å². The van der Waals surface area contributed by atoms with E-state index in [1.54, 1.807) is 12.4 Å². The Morgan fingerprint density at radius 2 is 1.90 bits per heavy atom. The van der Waals surface area contributed by atoms with E-state index in [0.717, 1.165) is 28.7 Å². The van der Waals surface area contributed by atoms with Gasteiger partial charge in [-0.05, 0) is 0 Å². The molecule has 4 rings (SSSR count). The van der Waals surface area contributed by atoms with E-state index in [1.807, 2.05) is 29.6 Å². The van der Waals surface area contributed by atoms with Crippen molar-refractivity contribution >= 4 is 28.7 Å². The van der Waals surface area contributed by atoms with Crippen LogP contribution >= 0.6 is 0 Å². The number of aryl methyl sites for hydroxylation is 1. The Labute approximate surface area is 120 Å². The van der Waals surface area contributed by atoms with Crippen LogP contribution in [0.4, 0.5) is 11.5 Å². The van der Waals surface area contributed by atoms with Crippen molar-refractivity contribution in [3.05, 3.63) is 36.7 Å². The van der Waals surface area contributed by atoms with Crippen LogP contribution in [0.25, 0.3) is 17.2 Å². The maximum absolute atomic E-state index is 4.51. The highest BCUT2D eigenvalue weighted by Crippen LogP contribution is 2.32. The molecule has 8 heteroatoms. The molecule has 0 unspecified atom stereocenters. The number of fused-ring (bicyclic) bond motifs is 2. The zero-order chi connectivity index (χ0) is 14.4. The molecule has 0 aromatic carbocycles. The summed E-state index contributed by atoms with van der Waals surface area (Å²) in [6.45, 7) is 0. The van der Waals surface area contributed by atoms with Gasteiger partial charge >= 0.3 is 0 Å². The van der Waals surface area contributed by atoms with Crippen LogP contribution in [-0.4, -0.2) is 36.5 Å². The lowest BCUT2D eigenvalue weighted by atomic mass is 10.4. The number of rotatable bonds is 1. The molecule has 0 fully saturated rings. The molecule has 0 amide bonds. The van der Waals surface area contributed by atoms with Crippen molar-refractivity contribution < 1.29 is 0 Å². The number of anilines is 2. The summed E-state index contributed by atoms with van der Waals surface area (Å²) in [6.07, 6.45) is 8.49. The summed E-state index contributed by atoms with van der Waals surface area (Å²) in [4.78, 5) is 22.9. The van der Waals surface area contributed by atoms with E-state index in [2.05, 4.69) is 30.2 Å². The van der Waals surface area contributed by atoms with E-state index < -0.39 is 0 Å². The van der Waals surface area contributed by atoms with Crippen molar-refractivity contribution in [3.8, 4) is 0 Å². The van der Waals surface area contributed by atoms with Gasteiger partial charge in [0.1, 0.15) is 35.5 Å². The summed E-state index contributed by atoms with van der Waals surface area (Å²) in [5.74, 6) is 2.47. The Kier molecular flexibility index (Phi) is 2.37. The Hall–Kier alpha value is -3.03. The van der Waals surface area contributed by atoms with Crippen LogP contribution in [0.3, 0.4) is 0 Å². The minimum Gasteiger partial charge on any atom is -0.327 e. The lowest BCUT2D eigenvalue weighted by molar-refractivity contribution is 0.924. The second-order valence-corrected chi connectivity index (χ2v) is 4.73. The van der Waals surface area contributed by atoms with Crippen LogP contribution < -0.4 is 10.2 Å². The van der Waals surface area contributed by atoms with Crippen molar-refractivity contribution in [2.24, 2.45) is 7.05 Å². The molecule has 0 spiro atoms. The van der Waals surface area contributed by atoms with Gasteiger partial charge in [-0.3, -0.25) is 0 Å². The molecule has 104 valence electrons. The van der Waals surface area contributed by atoms with Crippen LogP contribution in [0.15, 0.2) is 30.9 Å². The fourth-order valence-electron chi connectivity index (χ4n) is 2.33. The van der Waals surface area contributed by atoms with Crippen molar-refractivity contribution in [1.29, 1.82) is 0 Å². The molecule has 8 nitrogen and oxygen atoms in total. The standard InChI is InChI=1S/C13H12N8/c1-20-8-4-14-6-16-12(8)18-10(20)3-11-19-13-9(21(11)2)5-15-7-17-13/h3-7H,1-2H3,(H,14,16,18)/b10-3+. The molecule has 0 radical (unpaired) electrons. The maximum atomic E-state index is 4.51. The van der Waals surface area contributed by atoms with Crippen molar-refractivity contribution in [3.63, 3.8) is 0 Å². The Morgan fingerprint density at radius 1 is 1.10 bits per heavy atom. The Balaban J connectivity index is 1.80. The highest BCUT2D eigenvalue weighted by molar-refractivity contribution is 5.81. The summed E-state index contributed by atoms with van der Waals surface area (Å²) in [6, 6.07) is 0. The zero-order valence-electron chi connectivity index (χ0n) is 11.5. The van der Waals surface area contributed by atoms with Crippen molar-refractivity contribution in [2.75, 3.05) is 17.3 Å². The second kappa shape index (κ2) is 4.23. The highest BCUT2D eigenvalue weighted by Gasteiger charge is 2.22. The average Bonchev–Trinajstić information content (AvgIpc) is 2.99. The van der Waals surface area contributed by atoms with Gasteiger partial charge in [-0.15, -0.1) is 0 Å². The van der Waals surface area contributed by atoms with Gasteiger partial charge in [0.25, 0.3) is 0 Å². The monoisotopic (exact) mass is 280 g/mol. The third-order valence-corrected chi connectivity index (χ3v) is 3.53. The van der Waals surface area contributed by atoms with Gasteiger partial charge < -0.3 is 14.8 Å². The van der Waals surface area contributed by atoms with Gasteiger partial charge in [-0.1, -0.05) is 0 Å². The zero-order valence-corrected chi connectivity index (χ0v) is 11.5. The number of aromatic nitrogens is 6. The van der Waals surface area contributed by atoms with E-state index in [9.17, 15) is 0 Å². The molecule has 0 aliphatic carbocycles. The average molecular weight is 280 g/mol. The Morgan fingerprint density at radius 3 is 2.71 bits per heavy atom. The van der Waals surface area contributed by atoms with Crippen LogP contribution in [0, 0.1) is 0 Å². The van der Waals surface area contributed by atoms with Crippen LogP contribution in [0.5, 0.6) is 0 Å². The minimum absolute atomic E-state index is 0.678. The largest absolute Gasteiger partial charge is 0.327 e.